The summed E-state index contributed by atoms with van der Waals surface area (Å²) in [4.78, 5) is 14.3. The van der Waals surface area contributed by atoms with Crippen LogP contribution in [0.25, 0.3) is 11.4 Å². The molecule has 2 fully saturated rings. The maximum atomic E-state index is 12.4. The van der Waals surface area contributed by atoms with E-state index >= 15 is 0 Å². The van der Waals surface area contributed by atoms with Crippen molar-refractivity contribution in [3.05, 3.63) is 24.3 Å². The van der Waals surface area contributed by atoms with Gasteiger partial charge >= 0.3 is 0 Å². The summed E-state index contributed by atoms with van der Waals surface area (Å²) in [5.74, 6) is 0.889. The first-order valence-corrected chi connectivity index (χ1v) is 9.15. The smallest absolute Gasteiger partial charge is 0.242 e. The summed E-state index contributed by atoms with van der Waals surface area (Å²) >= 11 is 0. The number of nitrogens with zero attached hydrogens (tertiary/aromatic N) is 5. The van der Waals surface area contributed by atoms with E-state index in [0.29, 0.717) is 19.1 Å². The number of benzene rings is 1. The highest BCUT2D eigenvalue weighted by atomic mass is 16.5. The molecule has 1 N–H and O–H groups in total. The van der Waals surface area contributed by atoms with Crippen molar-refractivity contribution in [2.24, 2.45) is 0 Å². The number of aromatic nitrogens is 4. The fourth-order valence-electron chi connectivity index (χ4n) is 3.36. The van der Waals surface area contributed by atoms with Gasteiger partial charge in [0.25, 0.3) is 0 Å². The van der Waals surface area contributed by atoms with Crippen molar-refractivity contribution in [3.63, 3.8) is 0 Å². The second kappa shape index (κ2) is 7.03. The quantitative estimate of drug-likeness (QED) is 0.878. The van der Waals surface area contributed by atoms with Crippen LogP contribution in [-0.4, -0.2) is 62.9 Å². The number of amides is 1. The Morgan fingerprint density at radius 1 is 1.19 bits per heavy atom. The molecule has 26 heavy (non-hydrogen) atoms. The van der Waals surface area contributed by atoms with Crippen LogP contribution >= 0.6 is 0 Å². The van der Waals surface area contributed by atoms with E-state index in [9.17, 15) is 4.79 Å². The molecular formula is C18H24N6O2. The molecule has 0 radical (unpaired) electrons. The largest absolute Gasteiger partial charge is 0.376 e. The molecule has 0 bridgehead atoms. The third-order valence-electron chi connectivity index (χ3n) is 4.74. The van der Waals surface area contributed by atoms with E-state index in [0.717, 1.165) is 29.9 Å². The molecule has 2 aromatic rings. The monoisotopic (exact) mass is 356 g/mol. The molecule has 1 saturated heterocycles. The molecule has 0 spiro atoms. The van der Waals surface area contributed by atoms with Gasteiger partial charge in [-0.2, -0.15) is 0 Å². The number of carbonyl (C=O) groups excluding carboxylic acids is 1. The molecule has 1 aromatic heterocycles. The van der Waals surface area contributed by atoms with Crippen LogP contribution in [0.5, 0.6) is 0 Å². The number of tetrazole rings is 1. The molecule has 2 atom stereocenters. The minimum atomic E-state index is 0.0828. The van der Waals surface area contributed by atoms with Gasteiger partial charge in [0.1, 0.15) is 0 Å². The van der Waals surface area contributed by atoms with E-state index in [2.05, 4.69) is 20.8 Å². The highest BCUT2D eigenvalue weighted by Gasteiger charge is 2.28. The van der Waals surface area contributed by atoms with Gasteiger partial charge in [-0.25, -0.2) is 4.68 Å². The van der Waals surface area contributed by atoms with Crippen LogP contribution in [0.3, 0.4) is 0 Å². The van der Waals surface area contributed by atoms with Gasteiger partial charge in [-0.3, -0.25) is 4.79 Å². The molecule has 8 heteroatoms. The van der Waals surface area contributed by atoms with Crippen LogP contribution in [0.1, 0.15) is 32.7 Å². The van der Waals surface area contributed by atoms with E-state index in [1.165, 1.54) is 0 Å². The van der Waals surface area contributed by atoms with Gasteiger partial charge in [0.2, 0.25) is 5.91 Å². The Kier molecular flexibility index (Phi) is 4.58. The first-order valence-electron chi connectivity index (χ1n) is 9.15. The van der Waals surface area contributed by atoms with Crippen molar-refractivity contribution in [2.75, 3.05) is 25.0 Å². The Bertz CT molecular complexity index is 760. The summed E-state index contributed by atoms with van der Waals surface area (Å²) in [7, 11) is 0. The lowest BCUT2D eigenvalue weighted by Crippen LogP contribution is -2.49. The van der Waals surface area contributed by atoms with Crippen molar-refractivity contribution >= 4 is 11.6 Å². The highest BCUT2D eigenvalue weighted by molar-refractivity contribution is 5.81. The Morgan fingerprint density at radius 2 is 1.88 bits per heavy atom. The van der Waals surface area contributed by atoms with Crippen molar-refractivity contribution in [2.45, 2.75) is 44.9 Å². The molecule has 8 nitrogen and oxygen atoms in total. The van der Waals surface area contributed by atoms with Crippen molar-refractivity contribution in [1.82, 2.24) is 25.1 Å². The van der Waals surface area contributed by atoms with Crippen molar-refractivity contribution in [3.8, 4) is 11.4 Å². The van der Waals surface area contributed by atoms with Gasteiger partial charge < -0.3 is 15.0 Å². The average molecular weight is 356 g/mol. The van der Waals surface area contributed by atoms with Gasteiger partial charge in [-0.05, 0) is 61.4 Å². The van der Waals surface area contributed by atoms with Crippen LogP contribution in [0.4, 0.5) is 5.69 Å². The molecule has 1 aliphatic heterocycles. The molecule has 1 aliphatic carbocycles. The normalized spacial score (nSPS) is 23.1. The highest BCUT2D eigenvalue weighted by Crippen LogP contribution is 2.36. The number of morpholine rings is 1. The lowest BCUT2D eigenvalue weighted by molar-refractivity contribution is -0.141. The topological polar surface area (TPSA) is 85.2 Å². The summed E-state index contributed by atoms with van der Waals surface area (Å²) in [5, 5.41) is 15.2. The summed E-state index contributed by atoms with van der Waals surface area (Å²) in [6.45, 7) is 5.56. The molecule has 138 valence electrons. The predicted octanol–water partition coefficient (Wildman–Crippen LogP) is 1.72. The van der Waals surface area contributed by atoms with Crippen molar-refractivity contribution in [1.29, 1.82) is 0 Å². The summed E-state index contributed by atoms with van der Waals surface area (Å²) in [6.07, 6.45) is 2.44. The maximum Gasteiger partial charge on any atom is 0.242 e. The second-order valence-corrected chi connectivity index (χ2v) is 7.17. The van der Waals surface area contributed by atoms with E-state index < -0.39 is 0 Å². The summed E-state index contributed by atoms with van der Waals surface area (Å²) in [6, 6.07) is 8.32. The minimum absolute atomic E-state index is 0.0828. The Morgan fingerprint density at radius 3 is 2.54 bits per heavy atom. The predicted molar refractivity (Wildman–Crippen MR) is 96.6 cm³/mol. The van der Waals surface area contributed by atoms with E-state index in [-0.39, 0.29) is 24.7 Å². The molecule has 0 unspecified atom stereocenters. The third kappa shape index (κ3) is 3.70. The van der Waals surface area contributed by atoms with Crippen LogP contribution < -0.4 is 5.32 Å². The van der Waals surface area contributed by atoms with Crippen molar-refractivity contribution < 1.29 is 9.53 Å². The zero-order valence-corrected chi connectivity index (χ0v) is 15.1. The van der Waals surface area contributed by atoms with E-state index in [4.69, 9.17) is 4.74 Å². The molecule has 1 aromatic carbocycles. The summed E-state index contributed by atoms with van der Waals surface area (Å²) in [5.41, 5.74) is 1.89. The van der Waals surface area contributed by atoms with Gasteiger partial charge in [-0.1, -0.05) is 0 Å². The van der Waals surface area contributed by atoms with Crippen LogP contribution in [0, 0.1) is 0 Å². The Balaban J connectivity index is 1.35. The van der Waals surface area contributed by atoms with Gasteiger partial charge in [0.15, 0.2) is 5.82 Å². The lowest BCUT2D eigenvalue weighted by Gasteiger charge is -2.35. The summed E-state index contributed by atoms with van der Waals surface area (Å²) < 4.78 is 7.57. The first kappa shape index (κ1) is 17.0. The fourth-order valence-corrected chi connectivity index (χ4v) is 3.36. The van der Waals surface area contributed by atoms with Gasteiger partial charge in [-0.15, -0.1) is 5.10 Å². The SMILES string of the molecule is C[C@@H]1CN(C(=O)CNc2ccc(-c3nnnn3C3CC3)cc2)C[C@@H](C)O1. The number of nitrogens with one attached hydrogen (secondary N) is 1. The molecule has 1 saturated carbocycles. The second-order valence-electron chi connectivity index (χ2n) is 7.17. The molecular weight excluding hydrogens is 332 g/mol. The number of ether oxygens (including phenoxy) is 1. The lowest BCUT2D eigenvalue weighted by atomic mass is 10.2. The van der Waals surface area contributed by atoms with Gasteiger partial charge in [0, 0.05) is 24.3 Å². The molecule has 2 aliphatic rings. The van der Waals surface area contributed by atoms with E-state index in [1.54, 1.807) is 0 Å². The molecule has 4 rings (SSSR count). The number of hydrogen-bond acceptors (Lipinski definition) is 6. The standard InChI is InChI=1S/C18H24N6O2/c1-12-10-23(11-13(2)26-12)17(25)9-19-15-5-3-14(4-6-15)18-20-21-22-24(18)16-7-8-16/h3-6,12-13,16,19H,7-11H2,1-2H3/t12-,13-/m1/s1. The molecule has 1 amide bonds. The first-order chi connectivity index (χ1) is 12.6. The maximum absolute atomic E-state index is 12.4. The third-order valence-corrected chi connectivity index (χ3v) is 4.74. The van der Waals surface area contributed by atoms with Crippen LogP contribution in [0.15, 0.2) is 24.3 Å². The van der Waals surface area contributed by atoms with Crippen LogP contribution in [-0.2, 0) is 9.53 Å². The number of hydrogen-bond donors (Lipinski definition) is 1. The number of carbonyl (C=O) groups is 1. The number of anilines is 1. The van der Waals surface area contributed by atoms with Crippen LogP contribution in [0.2, 0.25) is 0 Å². The van der Waals surface area contributed by atoms with Gasteiger partial charge in [0.05, 0.1) is 24.8 Å². The molecule has 2 heterocycles. The number of rotatable bonds is 5. The zero-order chi connectivity index (χ0) is 18.1. The minimum Gasteiger partial charge on any atom is -0.376 e. The van der Waals surface area contributed by atoms with E-state index in [1.807, 2.05) is 47.7 Å². The zero-order valence-electron chi connectivity index (χ0n) is 15.1. The fraction of sp³-hybridized carbons (Fsp3) is 0.556. The Labute approximate surface area is 152 Å². The average Bonchev–Trinajstić information content (AvgIpc) is 3.36. The Hall–Kier alpha value is -2.48.